The van der Waals surface area contributed by atoms with Gasteiger partial charge in [0.1, 0.15) is 6.04 Å². The molecule has 0 spiro atoms. The van der Waals surface area contributed by atoms with Crippen molar-refractivity contribution in [1.29, 1.82) is 0 Å². The van der Waals surface area contributed by atoms with Crippen LogP contribution in [0, 0.1) is 20.8 Å². The minimum atomic E-state index is -3.77. The summed E-state index contributed by atoms with van der Waals surface area (Å²) >= 11 is 0. The average Bonchev–Trinajstić information content (AvgIpc) is 3.14. The first-order valence-corrected chi connectivity index (χ1v) is 10.7. The second-order valence-electron chi connectivity index (χ2n) is 7.07. The van der Waals surface area contributed by atoms with E-state index < -0.39 is 16.1 Å². The number of sulfonamides is 1. The Morgan fingerprint density at radius 2 is 1.69 bits per heavy atom. The second kappa shape index (κ2) is 8.08. The molecule has 0 saturated heterocycles. The largest absolute Gasteiger partial charge is 0.324 e. The molecule has 8 heteroatoms. The highest BCUT2D eigenvalue weighted by Gasteiger charge is 2.20. The molecule has 29 heavy (non-hydrogen) atoms. The van der Waals surface area contributed by atoms with Gasteiger partial charge in [-0.25, -0.2) is 8.42 Å². The van der Waals surface area contributed by atoms with Crippen LogP contribution in [0.5, 0.6) is 0 Å². The van der Waals surface area contributed by atoms with E-state index in [0.717, 1.165) is 5.56 Å². The lowest BCUT2D eigenvalue weighted by Gasteiger charge is -2.15. The standard InChI is InChI=1S/C21H24N4O3S/c1-14-11-15(2)20(16(3)12-14)29(27,28)24-19-8-5-7-18(13-19)23-21(26)17(4)25-10-6-9-22-25/h5-13,17,24H,1-4H3,(H,23,26). The van der Waals surface area contributed by atoms with Crippen molar-refractivity contribution in [2.75, 3.05) is 10.0 Å². The average molecular weight is 413 g/mol. The van der Waals surface area contributed by atoms with Crippen LogP contribution in [0.3, 0.4) is 0 Å². The predicted molar refractivity (Wildman–Crippen MR) is 113 cm³/mol. The second-order valence-corrected chi connectivity index (χ2v) is 8.68. The minimum absolute atomic E-state index is 0.251. The summed E-state index contributed by atoms with van der Waals surface area (Å²) in [6, 6.07) is 11.5. The number of hydrogen-bond donors (Lipinski definition) is 2. The number of aromatic nitrogens is 2. The molecule has 0 aliphatic heterocycles. The van der Waals surface area contributed by atoms with Crippen LogP contribution in [0.2, 0.25) is 0 Å². The van der Waals surface area contributed by atoms with Gasteiger partial charge in [-0.2, -0.15) is 5.10 Å². The maximum absolute atomic E-state index is 12.9. The van der Waals surface area contributed by atoms with Crippen LogP contribution in [0.25, 0.3) is 0 Å². The van der Waals surface area contributed by atoms with Crippen molar-refractivity contribution in [3.63, 3.8) is 0 Å². The molecular weight excluding hydrogens is 388 g/mol. The highest BCUT2D eigenvalue weighted by atomic mass is 32.2. The van der Waals surface area contributed by atoms with E-state index in [-0.39, 0.29) is 10.8 Å². The molecule has 0 aliphatic rings. The summed E-state index contributed by atoms with van der Waals surface area (Å²) in [6.07, 6.45) is 3.31. The number of nitrogens with one attached hydrogen (secondary N) is 2. The Kier molecular flexibility index (Phi) is 5.74. The minimum Gasteiger partial charge on any atom is -0.324 e. The molecule has 0 bridgehead atoms. The SMILES string of the molecule is Cc1cc(C)c(S(=O)(=O)Nc2cccc(NC(=O)C(C)n3cccn3)c2)c(C)c1. The lowest BCUT2D eigenvalue weighted by molar-refractivity contribution is -0.119. The fraction of sp³-hybridized carbons (Fsp3) is 0.238. The Hall–Kier alpha value is -3.13. The molecule has 2 aromatic carbocycles. The number of anilines is 2. The van der Waals surface area contributed by atoms with Gasteiger partial charge in [0.15, 0.2) is 0 Å². The number of rotatable bonds is 6. The number of benzene rings is 2. The Bertz CT molecular complexity index is 1120. The molecule has 1 heterocycles. The molecule has 0 saturated carbocycles. The van der Waals surface area contributed by atoms with Gasteiger partial charge in [0, 0.05) is 18.1 Å². The van der Waals surface area contributed by atoms with E-state index in [9.17, 15) is 13.2 Å². The lowest BCUT2D eigenvalue weighted by Crippen LogP contribution is -2.24. The van der Waals surface area contributed by atoms with E-state index >= 15 is 0 Å². The van der Waals surface area contributed by atoms with Gasteiger partial charge in [-0.15, -0.1) is 0 Å². The van der Waals surface area contributed by atoms with Crippen LogP contribution in [-0.2, 0) is 14.8 Å². The van der Waals surface area contributed by atoms with Crippen LogP contribution < -0.4 is 10.0 Å². The van der Waals surface area contributed by atoms with Crippen molar-refractivity contribution >= 4 is 27.3 Å². The van der Waals surface area contributed by atoms with Crippen molar-refractivity contribution in [1.82, 2.24) is 9.78 Å². The Morgan fingerprint density at radius 3 is 2.31 bits per heavy atom. The number of hydrogen-bond acceptors (Lipinski definition) is 4. The van der Waals surface area contributed by atoms with E-state index in [1.807, 2.05) is 19.1 Å². The zero-order valence-electron chi connectivity index (χ0n) is 16.8. The van der Waals surface area contributed by atoms with Gasteiger partial charge in [0.25, 0.3) is 10.0 Å². The molecule has 0 aliphatic carbocycles. The van der Waals surface area contributed by atoms with Crippen LogP contribution in [-0.4, -0.2) is 24.1 Å². The molecule has 3 rings (SSSR count). The molecule has 152 valence electrons. The summed E-state index contributed by atoms with van der Waals surface area (Å²) in [5.74, 6) is -0.251. The monoisotopic (exact) mass is 412 g/mol. The lowest BCUT2D eigenvalue weighted by atomic mass is 10.1. The van der Waals surface area contributed by atoms with Crippen molar-refractivity contribution < 1.29 is 13.2 Å². The highest BCUT2D eigenvalue weighted by molar-refractivity contribution is 7.92. The van der Waals surface area contributed by atoms with Gasteiger partial charge in [-0.3, -0.25) is 14.2 Å². The normalized spacial score (nSPS) is 12.4. The molecule has 1 atom stereocenters. The molecule has 7 nitrogen and oxygen atoms in total. The van der Waals surface area contributed by atoms with Crippen LogP contribution in [0.4, 0.5) is 11.4 Å². The maximum Gasteiger partial charge on any atom is 0.262 e. The third kappa shape index (κ3) is 4.65. The van der Waals surface area contributed by atoms with Crippen LogP contribution >= 0.6 is 0 Å². The predicted octanol–water partition coefficient (Wildman–Crippen LogP) is 3.81. The zero-order valence-corrected chi connectivity index (χ0v) is 17.6. The summed E-state index contributed by atoms with van der Waals surface area (Å²) in [6.45, 7) is 7.22. The summed E-state index contributed by atoms with van der Waals surface area (Å²) in [7, 11) is -3.77. The number of carbonyl (C=O) groups is 1. The summed E-state index contributed by atoms with van der Waals surface area (Å²) < 4.78 is 30.0. The zero-order chi connectivity index (χ0) is 21.2. The quantitative estimate of drug-likeness (QED) is 0.644. The molecule has 1 amide bonds. The fourth-order valence-electron chi connectivity index (χ4n) is 3.33. The van der Waals surface area contributed by atoms with Gasteiger partial charge in [0.05, 0.1) is 10.6 Å². The van der Waals surface area contributed by atoms with Crippen molar-refractivity contribution in [2.24, 2.45) is 0 Å². The molecule has 2 N–H and O–H groups in total. The molecule has 1 aromatic heterocycles. The Balaban J connectivity index is 1.80. The first kappa shape index (κ1) is 20.6. The Labute approximate surface area is 170 Å². The van der Waals surface area contributed by atoms with Gasteiger partial charge in [-0.05, 0) is 63.1 Å². The topological polar surface area (TPSA) is 93.1 Å². The number of amides is 1. The number of nitrogens with zero attached hydrogens (tertiary/aromatic N) is 2. The van der Waals surface area contributed by atoms with Crippen molar-refractivity contribution in [3.05, 3.63) is 71.5 Å². The fourth-order valence-corrected chi connectivity index (χ4v) is 4.84. The van der Waals surface area contributed by atoms with Crippen molar-refractivity contribution in [2.45, 2.75) is 38.6 Å². The van der Waals surface area contributed by atoms with Gasteiger partial charge in [-0.1, -0.05) is 23.8 Å². The van der Waals surface area contributed by atoms with Gasteiger partial charge < -0.3 is 5.32 Å². The molecular formula is C21H24N4O3S. The number of aryl methyl sites for hydroxylation is 3. The van der Waals surface area contributed by atoms with E-state index in [1.54, 1.807) is 68.2 Å². The Morgan fingerprint density at radius 1 is 1.03 bits per heavy atom. The number of carbonyl (C=O) groups excluding carboxylic acids is 1. The maximum atomic E-state index is 12.9. The molecule has 3 aromatic rings. The third-order valence-electron chi connectivity index (χ3n) is 4.56. The first-order valence-electron chi connectivity index (χ1n) is 9.18. The van der Waals surface area contributed by atoms with E-state index in [1.165, 1.54) is 0 Å². The summed E-state index contributed by atoms with van der Waals surface area (Å²) in [5.41, 5.74) is 3.25. The first-order chi connectivity index (χ1) is 13.7. The third-order valence-corrected chi connectivity index (χ3v) is 6.24. The summed E-state index contributed by atoms with van der Waals surface area (Å²) in [5, 5.41) is 6.86. The van der Waals surface area contributed by atoms with Gasteiger partial charge in [0.2, 0.25) is 5.91 Å². The van der Waals surface area contributed by atoms with Crippen molar-refractivity contribution in [3.8, 4) is 0 Å². The van der Waals surface area contributed by atoms with E-state index in [0.29, 0.717) is 22.5 Å². The van der Waals surface area contributed by atoms with Crippen LogP contribution in [0.1, 0.15) is 29.7 Å². The molecule has 0 radical (unpaired) electrons. The van der Waals surface area contributed by atoms with Gasteiger partial charge >= 0.3 is 0 Å². The summed E-state index contributed by atoms with van der Waals surface area (Å²) in [4.78, 5) is 12.7. The van der Waals surface area contributed by atoms with E-state index in [2.05, 4.69) is 15.1 Å². The van der Waals surface area contributed by atoms with Crippen LogP contribution in [0.15, 0.2) is 59.8 Å². The smallest absolute Gasteiger partial charge is 0.262 e. The molecule has 0 fully saturated rings. The molecule has 1 unspecified atom stereocenters. The van der Waals surface area contributed by atoms with E-state index in [4.69, 9.17) is 0 Å². The highest BCUT2D eigenvalue weighted by Crippen LogP contribution is 2.25.